The van der Waals surface area contributed by atoms with Gasteiger partial charge < -0.3 is 15.6 Å². The lowest BCUT2D eigenvalue weighted by Gasteiger charge is -2.16. The van der Waals surface area contributed by atoms with Crippen LogP contribution in [0.3, 0.4) is 0 Å². The largest absolute Gasteiger partial charge is 0.508 e. The Balaban J connectivity index is 0.00000267. The zero-order valence-electron chi connectivity index (χ0n) is 20.7. The molecule has 0 radical (unpaired) electrons. The minimum absolute atomic E-state index is 0. The van der Waals surface area contributed by atoms with Crippen LogP contribution in [0.2, 0.25) is 0 Å². The lowest BCUT2D eigenvalue weighted by molar-refractivity contribution is 0.0978. The SMILES string of the molecule is Cc1cc(C)c(Oc2nc(-c3ccc(O)cc3C)ccc2C(=O)NS(=O)(=O)c2cccc(N)n2)c(C)c1.[HH].[HH]. The highest BCUT2D eigenvalue weighted by Gasteiger charge is 2.25. The van der Waals surface area contributed by atoms with Crippen molar-refractivity contribution in [3.63, 3.8) is 0 Å². The number of hydrogen-bond donors (Lipinski definition) is 3. The van der Waals surface area contributed by atoms with Crippen LogP contribution in [-0.4, -0.2) is 29.4 Å². The Morgan fingerprint density at radius 3 is 2.30 bits per heavy atom. The van der Waals surface area contributed by atoms with E-state index in [9.17, 15) is 18.3 Å². The Labute approximate surface area is 218 Å². The molecule has 0 saturated heterocycles. The second-order valence-electron chi connectivity index (χ2n) is 8.71. The first-order valence-corrected chi connectivity index (χ1v) is 12.8. The van der Waals surface area contributed by atoms with Gasteiger partial charge in [-0.3, -0.25) is 4.79 Å². The Morgan fingerprint density at radius 1 is 0.946 bits per heavy atom. The summed E-state index contributed by atoms with van der Waals surface area (Å²) in [7, 11) is -4.32. The Morgan fingerprint density at radius 2 is 1.65 bits per heavy atom. The van der Waals surface area contributed by atoms with Gasteiger partial charge in [0.2, 0.25) is 5.88 Å². The fraction of sp³-hybridized carbons (Fsp3) is 0.148. The van der Waals surface area contributed by atoms with Crippen LogP contribution in [0.25, 0.3) is 11.3 Å². The number of aromatic nitrogens is 2. The van der Waals surface area contributed by atoms with Gasteiger partial charge in [0.15, 0.2) is 5.03 Å². The second kappa shape index (κ2) is 9.90. The van der Waals surface area contributed by atoms with E-state index in [0.29, 0.717) is 17.0 Å². The van der Waals surface area contributed by atoms with Crippen molar-refractivity contribution in [2.24, 2.45) is 0 Å². The molecule has 0 bridgehead atoms. The molecular formula is C27H30N4O5S. The zero-order chi connectivity index (χ0) is 26.9. The van der Waals surface area contributed by atoms with Crippen LogP contribution in [0.15, 0.2) is 65.7 Å². The number of rotatable bonds is 6. The number of pyridine rings is 2. The first kappa shape index (κ1) is 25.6. The number of amides is 1. The highest BCUT2D eigenvalue weighted by molar-refractivity contribution is 7.90. The summed E-state index contributed by atoms with van der Waals surface area (Å²) in [5.74, 6) is -0.400. The number of nitrogens with two attached hydrogens (primary N) is 1. The van der Waals surface area contributed by atoms with Crippen LogP contribution in [-0.2, 0) is 10.0 Å². The van der Waals surface area contributed by atoms with Gasteiger partial charge in [0, 0.05) is 8.42 Å². The number of carbonyl (C=O) groups is 1. The maximum absolute atomic E-state index is 13.2. The summed E-state index contributed by atoms with van der Waals surface area (Å²) in [4.78, 5) is 21.6. The normalized spacial score (nSPS) is 11.2. The number of nitrogen functional groups attached to an aromatic ring is 1. The highest BCUT2D eigenvalue weighted by Crippen LogP contribution is 2.33. The van der Waals surface area contributed by atoms with Crippen LogP contribution in [0.5, 0.6) is 17.4 Å². The number of sulfonamides is 1. The van der Waals surface area contributed by atoms with E-state index in [1.54, 1.807) is 18.2 Å². The van der Waals surface area contributed by atoms with Gasteiger partial charge in [0.05, 0.1) is 5.69 Å². The monoisotopic (exact) mass is 522 g/mol. The topological polar surface area (TPSA) is 144 Å². The summed E-state index contributed by atoms with van der Waals surface area (Å²) in [6.45, 7) is 7.53. The van der Waals surface area contributed by atoms with Crippen LogP contribution in [0.4, 0.5) is 5.82 Å². The molecule has 0 fully saturated rings. The molecule has 10 heteroatoms. The molecule has 4 aromatic rings. The Bertz CT molecular complexity index is 1620. The molecule has 0 atom stereocenters. The summed E-state index contributed by atoms with van der Waals surface area (Å²) in [6.07, 6.45) is 0. The van der Waals surface area contributed by atoms with E-state index in [2.05, 4.69) is 9.97 Å². The molecule has 0 aliphatic rings. The van der Waals surface area contributed by atoms with Crippen LogP contribution in [0, 0.1) is 27.7 Å². The van der Waals surface area contributed by atoms with E-state index in [1.165, 1.54) is 30.3 Å². The Kier molecular flexibility index (Phi) is 6.86. The lowest BCUT2D eigenvalue weighted by Crippen LogP contribution is -2.31. The fourth-order valence-electron chi connectivity index (χ4n) is 4.01. The fourth-order valence-corrected chi connectivity index (χ4v) is 4.95. The number of anilines is 1. The lowest BCUT2D eigenvalue weighted by atomic mass is 10.0. The third-order valence-corrected chi connectivity index (χ3v) is 6.87. The first-order chi connectivity index (χ1) is 17.4. The molecule has 2 aromatic heterocycles. The van der Waals surface area contributed by atoms with Gasteiger partial charge in [-0.1, -0.05) is 23.8 Å². The number of carbonyl (C=O) groups excluding carboxylic acids is 1. The van der Waals surface area contributed by atoms with Gasteiger partial charge in [0.1, 0.15) is 22.9 Å². The minimum Gasteiger partial charge on any atom is -0.508 e. The molecule has 0 aliphatic heterocycles. The van der Waals surface area contributed by atoms with E-state index in [4.69, 9.17) is 10.5 Å². The molecule has 37 heavy (non-hydrogen) atoms. The van der Waals surface area contributed by atoms with Crippen molar-refractivity contribution in [3.8, 4) is 28.6 Å². The minimum atomic E-state index is -4.32. The van der Waals surface area contributed by atoms with Crippen molar-refractivity contribution in [2.75, 3.05) is 5.73 Å². The molecule has 0 spiro atoms. The smallest absolute Gasteiger partial charge is 0.281 e. The number of phenols is 1. The summed E-state index contributed by atoms with van der Waals surface area (Å²) in [6, 6.07) is 15.8. The summed E-state index contributed by atoms with van der Waals surface area (Å²) in [5, 5.41) is 9.39. The first-order valence-electron chi connectivity index (χ1n) is 11.3. The standard InChI is InChI=1S/C27H26N4O5S.2H2/c1-15-12-17(3)25(18(4)13-15)36-27-21(10-11-22(29-27)20-9-8-19(32)14-16(20)2)26(33)31-37(34,35)24-7-5-6-23(28)30-24;;/h5-14,32H,1-4H3,(H2,28,30)(H,31,33);2*1H. The van der Waals surface area contributed by atoms with Crippen LogP contribution >= 0.6 is 0 Å². The highest BCUT2D eigenvalue weighted by atomic mass is 32.2. The van der Waals surface area contributed by atoms with E-state index in [0.717, 1.165) is 22.3 Å². The number of nitrogens with one attached hydrogen (secondary N) is 1. The number of hydrogen-bond acceptors (Lipinski definition) is 8. The van der Waals surface area contributed by atoms with E-state index >= 15 is 0 Å². The average Bonchev–Trinajstić information content (AvgIpc) is 2.81. The van der Waals surface area contributed by atoms with Gasteiger partial charge in [-0.25, -0.2) is 14.7 Å². The Hall–Kier alpha value is -4.44. The summed E-state index contributed by atoms with van der Waals surface area (Å²) >= 11 is 0. The number of aryl methyl sites for hydroxylation is 4. The molecule has 4 rings (SSSR count). The molecule has 2 aromatic carbocycles. The molecule has 194 valence electrons. The number of ether oxygens (including phenoxy) is 1. The molecular weight excluding hydrogens is 492 g/mol. The van der Waals surface area contributed by atoms with Gasteiger partial charge in [-0.15, -0.1) is 0 Å². The second-order valence-corrected chi connectivity index (χ2v) is 10.3. The molecule has 2 heterocycles. The molecule has 9 nitrogen and oxygen atoms in total. The van der Waals surface area contributed by atoms with E-state index in [-0.39, 0.29) is 25.9 Å². The quantitative estimate of drug-likeness (QED) is 0.318. The van der Waals surface area contributed by atoms with Gasteiger partial charge in [0.25, 0.3) is 15.9 Å². The average molecular weight is 523 g/mol. The van der Waals surface area contributed by atoms with E-state index < -0.39 is 21.0 Å². The maximum atomic E-state index is 13.2. The van der Waals surface area contributed by atoms with Crippen molar-refractivity contribution in [2.45, 2.75) is 32.7 Å². The van der Waals surface area contributed by atoms with Crippen LogP contribution in [0.1, 0.15) is 35.5 Å². The molecule has 1 amide bonds. The predicted octanol–water partition coefficient (Wildman–Crippen LogP) is 5.07. The third-order valence-electron chi connectivity index (χ3n) is 5.64. The third kappa shape index (κ3) is 5.54. The predicted molar refractivity (Wildman–Crippen MR) is 144 cm³/mol. The molecule has 0 aliphatic carbocycles. The zero-order valence-corrected chi connectivity index (χ0v) is 21.6. The van der Waals surface area contributed by atoms with Gasteiger partial charge in [-0.2, -0.15) is 8.42 Å². The molecule has 0 saturated carbocycles. The molecule has 4 N–H and O–H groups in total. The number of benzene rings is 2. The number of aromatic hydroxyl groups is 1. The van der Waals surface area contributed by atoms with E-state index in [1.807, 2.05) is 44.5 Å². The summed E-state index contributed by atoms with van der Waals surface area (Å²) in [5.41, 5.74) is 10.2. The number of nitrogens with zero attached hydrogens (tertiary/aromatic N) is 2. The maximum Gasteiger partial charge on any atom is 0.281 e. The van der Waals surface area contributed by atoms with Crippen molar-refractivity contribution in [3.05, 3.63) is 88.5 Å². The van der Waals surface area contributed by atoms with Crippen molar-refractivity contribution in [1.29, 1.82) is 0 Å². The number of phenolic OH excluding ortho intramolecular Hbond substituents is 1. The summed E-state index contributed by atoms with van der Waals surface area (Å²) < 4.78 is 33.8. The van der Waals surface area contributed by atoms with Gasteiger partial charge in [-0.05, 0) is 86.8 Å². The van der Waals surface area contributed by atoms with Gasteiger partial charge >= 0.3 is 0 Å². The van der Waals surface area contributed by atoms with Crippen molar-refractivity contribution < 1.29 is 25.9 Å². The van der Waals surface area contributed by atoms with Crippen LogP contribution < -0.4 is 15.2 Å². The molecule has 0 unspecified atom stereocenters. The van der Waals surface area contributed by atoms with Crippen molar-refractivity contribution in [1.82, 2.24) is 14.7 Å². The van der Waals surface area contributed by atoms with Crippen molar-refractivity contribution >= 4 is 21.7 Å².